The third-order valence-corrected chi connectivity index (χ3v) is 3.99. The van der Waals surface area contributed by atoms with E-state index in [0.29, 0.717) is 6.42 Å². The zero-order valence-corrected chi connectivity index (χ0v) is 16.3. The first kappa shape index (κ1) is 23.9. The Labute approximate surface area is 153 Å². The monoisotopic (exact) mass is 358 g/mol. The molecule has 0 spiro atoms. The van der Waals surface area contributed by atoms with Crippen LogP contribution in [0.2, 0.25) is 0 Å². The second kappa shape index (κ2) is 16.3. The standard InChI is InChI=1S/C19H38N2O4/c1-4-6-7-8-9-10-11-12-13-14-17(23)21-18(15-20-16(3)22)25-19(24)5-2/h16,18,20,22H,4-15H2,1-3H3,(H,21,23). The van der Waals surface area contributed by atoms with Crippen LogP contribution in [0.4, 0.5) is 0 Å². The van der Waals surface area contributed by atoms with Crippen molar-refractivity contribution in [2.75, 3.05) is 6.54 Å². The Bertz CT molecular complexity index is 348. The molecule has 6 nitrogen and oxygen atoms in total. The number of aliphatic hydroxyl groups is 1. The lowest BCUT2D eigenvalue weighted by Gasteiger charge is -2.20. The zero-order chi connectivity index (χ0) is 18.9. The summed E-state index contributed by atoms with van der Waals surface area (Å²) in [5.74, 6) is -0.495. The zero-order valence-electron chi connectivity index (χ0n) is 16.3. The Morgan fingerprint density at radius 3 is 2.04 bits per heavy atom. The minimum absolute atomic E-state index is 0.121. The van der Waals surface area contributed by atoms with E-state index in [1.165, 1.54) is 38.5 Å². The van der Waals surface area contributed by atoms with Crippen molar-refractivity contribution in [1.82, 2.24) is 10.6 Å². The average molecular weight is 359 g/mol. The molecule has 0 aliphatic carbocycles. The molecule has 3 N–H and O–H groups in total. The van der Waals surface area contributed by atoms with Crippen molar-refractivity contribution in [2.24, 2.45) is 0 Å². The molecule has 2 unspecified atom stereocenters. The number of aliphatic hydroxyl groups excluding tert-OH is 1. The fourth-order valence-electron chi connectivity index (χ4n) is 2.49. The number of carbonyl (C=O) groups excluding carboxylic acids is 2. The van der Waals surface area contributed by atoms with Crippen molar-refractivity contribution in [1.29, 1.82) is 0 Å². The Balaban J connectivity index is 3.83. The summed E-state index contributed by atoms with van der Waals surface area (Å²) in [6.45, 7) is 5.68. The number of rotatable bonds is 16. The van der Waals surface area contributed by atoms with Crippen molar-refractivity contribution in [2.45, 2.75) is 104 Å². The van der Waals surface area contributed by atoms with Gasteiger partial charge in [-0.1, -0.05) is 65.2 Å². The van der Waals surface area contributed by atoms with Crippen molar-refractivity contribution < 1.29 is 19.4 Å². The van der Waals surface area contributed by atoms with Gasteiger partial charge in [-0.3, -0.25) is 14.9 Å². The van der Waals surface area contributed by atoms with E-state index in [1.807, 2.05) is 0 Å². The van der Waals surface area contributed by atoms with Crippen molar-refractivity contribution >= 4 is 11.9 Å². The van der Waals surface area contributed by atoms with Crippen LogP contribution in [-0.4, -0.2) is 36.0 Å². The lowest BCUT2D eigenvalue weighted by atomic mass is 10.1. The van der Waals surface area contributed by atoms with Gasteiger partial charge in [-0.2, -0.15) is 0 Å². The summed E-state index contributed by atoms with van der Waals surface area (Å²) in [7, 11) is 0. The van der Waals surface area contributed by atoms with Crippen LogP contribution in [0, 0.1) is 0 Å². The molecule has 6 heteroatoms. The lowest BCUT2D eigenvalue weighted by Crippen LogP contribution is -2.46. The highest BCUT2D eigenvalue weighted by Crippen LogP contribution is 2.10. The van der Waals surface area contributed by atoms with Crippen molar-refractivity contribution in [3.05, 3.63) is 0 Å². The van der Waals surface area contributed by atoms with E-state index in [1.54, 1.807) is 13.8 Å². The van der Waals surface area contributed by atoms with Gasteiger partial charge in [0.25, 0.3) is 0 Å². The van der Waals surface area contributed by atoms with Gasteiger partial charge in [-0.05, 0) is 13.3 Å². The van der Waals surface area contributed by atoms with Crippen LogP contribution in [0.5, 0.6) is 0 Å². The predicted octanol–water partition coefficient (Wildman–Crippen LogP) is 3.23. The summed E-state index contributed by atoms with van der Waals surface area (Å²) in [6, 6.07) is 0. The van der Waals surface area contributed by atoms with Gasteiger partial charge in [0.15, 0.2) is 6.23 Å². The van der Waals surface area contributed by atoms with Crippen molar-refractivity contribution in [3.63, 3.8) is 0 Å². The van der Waals surface area contributed by atoms with Gasteiger partial charge in [0.1, 0.15) is 6.23 Å². The molecule has 0 heterocycles. The van der Waals surface area contributed by atoms with Crippen LogP contribution in [0.3, 0.4) is 0 Å². The maximum absolute atomic E-state index is 12.0. The van der Waals surface area contributed by atoms with Gasteiger partial charge in [0.05, 0.1) is 6.54 Å². The first-order valence-electron chi connectivity index (χ1n) is 9.89. The molecule has 0 aromatic heterocycles. The highest BCUT2D eigenvalue weighted by Gasteiger charge is 2.16. The Kier molecular flexibility index (Phi) is 15.6. The number of hydrogen-bond donors (Lipinski definition) is 3. The van der Waals surface area contributed by atoms with Crippen LogP contribution >= 0.6 is 0 Å². The van der Waals surface area contributed by atoms with Gasteiger partial charge < -0.3 is 15.2 Å². The molecule has 0 aliphatic heterocycles. The molecule has 0 aromatic carbocycles. The van der Waals surface area contributed by atoms with E-state index in [9.17, 15) is 14.7 Å². The third-order valence-electron chi connectivity index (χ3n) is 3.99. The van der Waals surface area contributed by atoms with Crippen LogP contribution in [-0.2, 0) is 14.3 Å². The molecular weight excluding hydrogens is 320 g/mol. The average Bonchev–Trinajstić information content (AvgIpc) is 2.58. The summed E-state index contributed by atoms with van der Waals surface area (Å²) in [4.78, 5) is 23.4. The maximum Gasteiger partial charge on any atom is 0.307 e. The first-order valence-corrected chi connectivity index (χ1v) is 9.89. The lowest BCUT2D eigenvalue weighted by molar-refractivity contribution is -0.152. The van der Waals surface area contributed by atoms with Gasteiger partial charge in [0, 0.05) is 12.8 Å². The second-order valence-electron chi connectivity index (χ2n) is 6.56. The second-order valence-corrected chi connectivity index (χ2v) is 6.56. The summed E-state index contributed by atoms with van der Waals surface area (Å²) in [6.07, 6.45) is 10.0. The molecule has 0 fully saturated rings. The van der Waals surface area contributed by atoms with Gasteiger partial charge in [-0.25, -0.2) is 0 Å². The number of esters is 1. The predicted molar refractivity (Wildman–Crippen MR) is 99.8 cm³/mol. The number of ether oxygens (including phenoxy) is 1. The normalized spacial score (nSPS) is 13.3. The summed E-state index contributed by atoms with van der Waals surface area (Å²) < 4.78 is 5.17. The molecule has 0 radical (unpaired) electrons. The van der Waals surface area contributed by atoms with E-state index in [2.05, 4.69) is 17.6 Å². The number of amides is 1. The third kappa shape index (κ3) is 16.1. The molecule has 25 heavy (non-hydrogen) atoms. The smallest absolute Gasteiger partial charge is 0.307 e. The van der Waals surface area contributed by atoms with E-state index >= 15 is 0 Å². The number of carbonyl (C=O) groups is 2. The number of unbranched alkanes of at least 4 members (excludes halogenated alkanes) is 8. The highest BCUT2D eigenvalue weighted by atomic mass is 16.6. The molecule has 0 saturated heterocycles. The van der Waals surface area contributed by atoms with Gasteiger partial charge in [-0.15, -0.1) is 0 Å². The fraction of sp³-hybridized carbons (Fsp3) is 0.895. The molecule has 0 bridgehead atoms. The molecule has 2 atom stereocenters. The number of nitrogens with one attached hydrogen (secondary N) is 2. The molecule has 148 valence electrons. The van der Waals surface area contributed by atoms with Crippen LogP contribution in [0.15, 0.2) is 0 Å². The summed E-state index contributed by atoms with van der Waals surface area (Å²) in [5, 5.41) is 14.7. The Morgan fingerprint density at radius 2 is 1.52 bits per heavy atom. The fourth-order valence-corrected chi connectivity index (χ4v) is 2.49. The van der Waals surface area contributed by atoms with E-state index in [-0.39, 0.29) is 24.8 Å². The van der Waals surface area contributed by atoms with Crippen molar-refractivity contribution in [3.8, 4) is 0 Å². The molecule has 0 aliphatic rings. The van der Waals surface area contributed by atoms with Gasteiger partial charge >= 0.3 is 5.97 Å². The van der Waals surface area contributed by atoms with E-state index in [4.69, 9.17) is 4.74 Å². The highest BCUT2D eigenvalue weighted by molar-refractivity contribution is 5.76. The SMILES string of the molecule is CCCCCCCCCCCC(=O)NC(CNC(C)O)OC(=O)CC. The Morgan fingerprint density at radius 1 is 0.960 bits per heavy atom. The van der Waals surface area contributed by atoms with E-state index in [0.717, 1.165) is 19.3 Å². The van der Waals surface area contributed by atoms with Gasteiger partial charge in [0.2, 0.25) is 5.91 Å². The molecular formula is C19H38N2O4. The molecule has 0 aromatic rings. The minimum atomic E-state index is -0.742. The first-order chi connectivity index (χ1) is 12.0. The quantitative estimate of drug-likeness (QED) is 0.224. The minimum Gasteiger partial charge on any atom is -0.440 e. The van der Waals surface area contributed by atoms with Crippen LogP contribution in [0.1, 0.15) is 91.4 Å². The summed E-state index contributed by atoms with van der Waals surface area (Å²) >= 11 is 0. The maximum atomic E-state index is 12.0. The van der Waals surface area contributed by atoms with Crippen LogP contribution < -0.4 is 10.6 Å². The topological polar surface area (TPSA) is 87.7 Å². The van der Waals surface area contributed by atoms with Crippen LogP contribution in [0.25, 0.3) is 0 Å². The largest absolute Gasteiger partial charge is 0.440 e. The summed E-state index contributed by atoms with van der Waals surface area (Å²) in [5.41, 5.74) is 0. The molecule has 1 amide bonds. The van der Waals surface area contributed by atoms with E-state index < -0.39 is 12.5 Å². The number of hydrogen-bond acceptors (Lipinski definition) is 5. The molecule has 0 rings (SSSR count). The Hall–Kier alpha value is -1.14. The molecule has 0 saturated carbocycles.